The van der Waals surface area contributed by atoms with Gasteiger partial charge >= 0.3 is 0 Å². The second-order valence-electron chi connectivity index (χ2n) is 12.5. The molecule has 2 amide bonds. The summed E-state index contributed by atoms with van der Waals surface area (Å²) < 4.78 is 54.2. The number of carbonyl (C=O) groups is 2. The molecule has 0 aliphatic carbocycles. The molecule has 11 heteroatoms. The summed E-state index contributed by atoms with van der Waals surface area (Å²) in [6.45, 7) is 6.83. The SMILES string of the molecule is COc1ccc(S(=O)(=O)N(CC(=O)N(Cc2cccc(C)c2)[C@@H](Cc2ccccc2)C(=O)NC(C)(C)C)c2ccc(F)cc2)cc1OC. The highest BCUT2D eigenvalue weighted by Crippen LogP contribution is 2.32. The van der Waals surface area contributed by atoms with Crippen molar-refractivity contribution in [1.82, 2.24) is 10.2 Å². The Bertz CT molecular complexity index is 1830. The lowest BCUT2D eigenvalue weighted by Gasteiger charge is -2.35. The number of anilines is 1. The predicted octanol–water partition coefficient (Wildman–Crippen LogP) is 5.90. The number of halogens is 1. The van der Waals surface area contributed by atoms with Gasteiger partial charge in [-0.25, -0.2) is 12.8 Å². The highest BCUT2D eigenvalue weighted by atomic mass is 32.2. The average Bonchev–Trinajstić information content (AvgIpc) is 3.04. The number of methoxy groups -OCH3 is 2. The predicted molar refractivity (Wildman–Crippen MR) is 184 cm³/mol. The smallest absolute Gasteiger partial charge is 0.264 e. The number of rotatable bonds is 13. The summed E-state index contributed by atoms with van der Waals surface area (Å²) in [5.74, 6) is -1.10. The molecule has 0 saturated carbocycles. The van der Waals surface area contributed by atoms with E-state index in [2.05, 4.69) is 5.32 Å². The van der Waals surface area contributed by atoms with Gasteiger partial charge in [0.15, 0.2) is 11.5 Å². The monoisotopic (exact) mass is 675 g/mol. The van der Waals surface area contributed by atoms with Gasteiger partial charge in [0.25, 0.3) is 10.0 Å². The first-order chi connectivity index (χ1) is 22.7. The van der Waals surface area contributed by atoms with Crippen LogP contribution in [0.3, 0.4) is 0 Å². The van der Waals surface area contributed by atoms with E-state index in [1.807, 2.05) is 82.3 Å². The molecule has 1 atom stereocenters. The maximum Gasteiger partial charge on any atom is 0.264 e. The van der Waals surface area contributed by atoms with Gasteiger partial charge in [0, 0.05) is 24.6 Å². The lowest BCUT2D eigenvalue weighted by atomic mass is 10.0. The van der Waals surface area contributed by atoms with Crippen LogP contribution in [0, 0.1) is 12.7 Å². The third-order valence-electron chi connectivity index (χ3n) is 7.54. The van der Waals surface area contributed by atoms with Gasteiger partial charge in [0.1, 0.15) is 18.4 Å². The zero-order valence-electron chi connectivity index (χ0n) is 28.1. The summed E-state index contributed by atoms with van der Waals surface area (Å²) in [5.41, 5.74) is 2.00. The average molecular weight is 676 g/mol. The van der Waals surface area contributed by atoms with Crippen LogP contribution in [0.1, 0.15) is 37.5 Å². The van der Waals surface area contributed by atoms with Crippen molar-refractivity contribution in [3.8, 4) is 11.5 Å². The number of nitrogens with zero attached hydrogens (tertiary/aromatic N) is 2. The molecule has 254 valence electrons. The molecule has 0 unspecified atom stereocenters. The van der Waals surface area contributed by atoms with Crippen LogP contribution < -0.4 is 19.1 Å². The minimum Gasteiger partial charge on any atom is -0.493 e. The second-order valence-corrected chi connectivity index (χ2v) is 14.3. The van der Waals surface area contributed by atoms with E-state index in [9.17, 15) is 22.4 Å². The number of ether oxygens (including phenoxy) is 2. The third kappa shape index (κ3) is 9.13. The first-order valence-electron chi connectivity index (χ1n) is 15.4. The first kappa shape index (κ1) is 35.9. The molecule has 0 spiro atoms. The standard InChI is InChI=1S/C37H42FN3O6S/c1-26-11-10-14-28(21-26)24-40(32(36(43)39-37(2,3)4)22-27-12-8-7-9-13-27)35(42)25-41(30-17-15-29(38)16-18-30)48(44,45)31-19-20-33(46-5)34(23-31)47-6/h7-21,23,32H,22,24-25H2,1-6H3,(H,39,43)/t32-/m0/s1. The number of hydrogen-bond donors (Lipinski definition) is 1. The first-order valence-corrected chi connectivity index (χ1v) is 16.9. The fourth-order valence-electron chi connectivity index (χ4n) is 5.25. The van der Waals surface area contributed by atoms with Gasteiger partial charge in [0.2, 0.25) is 11.8 Å². The van der Waals surface area contributed by atoms with E-state index < -0.39 is 39.9 Å². The van der Waals surface area contributed by atoms with Crippen molar-refractivity contribution in [2.24, 2.45) is 0 Å². The number of carbonyl (C=O) groups excluding carboxylic acids is 2. The maximum atomic E-state index is 14.6. The van der Waals surface area contributed by atoms with Crippen LogP contribution in [0.15, 0.2) is 102 Å². The molecule has 0 fully saturated rings. The summed E-state index contributed by atoms with van der Waals surface area (Å²) in [4.78, 5) is 29.9. The Balaban J connectivity index is 1.84. The van der Waals surface area contributed by atoms with E-state index in [0.717, 1.165) is 33.1 Å². The van der Waals surface area contributed by atoms with Crippen molar-refractivity contribution >= 4 is 27.5 Å². The Labute approximate surface area is 282 Å². The molecule has 0 aliphatic rings. The van der Waals surface area contributed by atoms with Crippen LogP contribution >= 0.6 is 0 Å². The third-order valence-corrected chi connectivity index (χ3v) is 9.31. The molecule has 0 saturated heterocycles. The summed E-state index contributed by atoms with van der Waals surface area (Å²) in [5, 5.41) is 3.01. The number of aryl methyl sites for hydroxylation is 1. The molecule has 4 rings (SSSR count). The molecule has 0 aromatic heterocycles. The fraction of sp³-hybridized carbons (Fsp3) is 0.297. The Hall–Kier alpha value is -4.90. The molecule has 4 aromatic rings. The molecule has 0 heterocycles. The van der Waals surface area contributed by atoms with Gasteiger partial charge < -0.3 is 19.7 Å². The molecular weight excluding hydrogens is 633 g/mol. The topological polar surface area (TPSA) is 105 Å². The van der Waals surface area contributed by atoms with Gasteiger partial charge in [-0.15, -0.1) is 0 Å². The van der Waals surface area contributed by atoms with Crippen LogP contribution in [-0.4, -0.2) is 57.5 Å². The zero-order chi connectivity index (χ0) is 35.1. The maximum absolute atomic E-state index is 14.6. The van der Waals surface area contributed by atoms with Gasteiger partial charge in [-0.1, -0.05) is 60.2 Å². The lowest BCUT2D eigenvalue weighted by molar-refractivity contribution is -0.140. The van der Waals surface area contributed by atoms with E-state index in [1.165, 1.54) is 49.5 Å². The number of hydrogen-bond acceptors (Lipinski definition) is 6. The molecule has 1 N–H and O–H groups in total. The minimum atomic E-state index is -4.44. The molecular formula is C37H42FN3O6S. The Morgan fingerprint density at radius 1 is 0.833 bits per heavy atom. The lowest BCUT2D eigenvalue weighted by Crippen LogP contribution is -2.56. The number of nitrogens with one attached hydrogen (secondary N) is 1. The molecule has 0 bridgehead atoms. The highest BCUT2D eigenvalue weighted by molar-refractivity contribution is 7.92. The van der Waals surface area contributed by atoms with E-state index in [1.54, 1.807) is 0 Å². The van der Waals surface area contributed by atoms with Crippen molar-refractivity contribution in [3.05, 3.63) is 120 Å². The van der Waals surface area contributed by atoms with E-state index in [-0.39, 0.29) is 35.2 Å². The summed E-state index contributed by atoms with van der Waals surface area (Å²) in [6.07, 6.45) is 0.180. The second kappa shape index (κ2) is 15.3. The van der Waals surface area contributed by atoms with Crippen LogP contribution in [0.4, 0.5) is 10.1 Å². The van der Waals surface area contributed by atoms with Gasteiger partial charge in [-0.2, -0.15) is 0 Å². The van der Waals surface area contributed by atoms with Crippen LogP contribution in [0.25, 0.3) is 0 Å². The molecule has 0 radical (unpaired) electrons. The van der Waals surface area contributed by atoms with E-state index >= 15 is 0 Å². The van der Waals surface area contributed by atoms with Crippen LogP contribution in [0.2, 0.25) is 0 Å². The highest BCUT2D eigenvalue weighted by Gasteiger charge is 2.36. The van der Waals surface area contributed by atoms with Crippen LogP contribution in [0.5, 0.6) is 11.5 Å². The quantitative estimate of drug-likeness (QED) is 0.189. The van der Waals surface area contributed by atoms with Crippen molar-refractivity contribution in [1.29, 1.82) is 0 Å². The van der Waals surface area contributed by atoms with Crippen LogP contribution in [-0.2, 0) is 32.6 Å². The largest absolute Gasteiger partial charge is 0.493 e. The van der Waals surface area contributed by atoms with Crippen molar-refractivity contribution < 1.29 is 31.9 Å². The molecule has 9 nitrogen and oxygen atoms in total. The Kier molecular flexibility index (Phi) is 11.5. The van der Waals surface area contributed by atoms with Gasteiger partial charge in [-0.3, -0.25) is 13.9 Å². The summed E-state index contributed by atoms with van der Waals surface area (Å²) in [7, 11) is -1.63. The number of benzene rings is 4. The molecule has 48 heavy (non-hydrogen) atoms. The number of sulfonamides is 1. The minimum absolute atomic E-state index is 0.0310. The summed E-state index contributed by atoms with van der Waals surface area (Å²) >= 11 is 0. The fourth-order valence-corrected chi connectivity index (χ4v) is 6.68. The normalized spacial score (nSPS) is 12.1. The summed E-state index contributed by atoms with van der Waals surface area (Å²) in [6, 6.07) is 24.8. The van der Waals surface area contributed by atoms with Gasteiger partial charge in [0.05, 0.1) is 24.8 Å². The van der Waals surface area contributed by atoms with E-state index in [4.69, 9.17) is 9.47 Å². The Morgan fingerprint density at radius 2 is 1.48 bits per heavy atom. The van der Waals surface area contributed by atoms with E-state index in [0.29, 0.717) is 5.75 Å². The molecule has 0 aliphatic heterocycles. The van der Waals surface area contributed by atoms with Gasteiger partial charge in [-0.05, 0) is 75.2 Å². The Morgan fingerprint density at radius 3 is 2.08 bits per heavy atom. The van der Waals surface area contributed by atoms with Crippen molar-refractivity contribution in [2.75, 3.05) is 25.1 Å². The van der Waals surface area contributed by atoms with Crippen molar-refractivity contribution in [3.63, 3.8) is 0 Å². The number of amides is 2. The zero-order valence-corrected chi connectivity index (χ0v) is 28.9. The van der Waals surface area contributed by atoms with Crippen molar-refractivity contribution in [2.45, 2.75) is 57.1 Å². The molecule has 4 aromatic carbocycles.